The molecule has 0 aliphatic heterocycles. The second-order valence-corrected chi connectivity index (χ2v) is 6.40. The van der Waals surface area contributed by atoms with Crippen LogP contribution in [0.5, 0.6) is 0 Å². The minimum atomic E-state index is -0.354. The van der Waals surface area contributed by atoms with Crippen LogP contribution >= 0.6 is 11.6 Å². The normalized spacial score (nSPS) is 12.2. The SMILES string of the molecule is CC(CNC(=O)CN(C)Cc1c(F)cccc1Cl)c1ccccc1. The van der Waals surface area contributed by atoms with E-state index in [1.165, 1.54) is 11.6 Å². The quantitative estimate of drug-likeness (QED) is 0.824. The third-order valence-corrected chi connectivity index (χ3v) is 4.23. The van der Waals surface area contributed by atoms with Crippen LogP contribution in [0.4, 0.5) is 4.39 Å². The van der Waals surface area contributed by atoms with Crippen molar-refractivity contribution in [3.63, 3.8) is 0 Å². The van der Waals surface area contributed by atoms with Crippen LogP contribution in [0, 0.1) is 5.82 Å². The number of hydrogen-bond donors (Lipinski definition) is 1. The molecule has 1 amide bonds. The predicted molar refractivity (Wildman–Crippen MR) is 95.6 cm³/mol. The predicted octanol–water partition coefficient (Wildman–Crippen LogP) is 3.83. The van der Waals surface area contributed by atoms with E-state index in [0.29, 0.717) is 17.1 Å². The molecule has 0 heterocycles. The highest BCUT2D eigenvalue weighted by Crippen LogP contribution is 2.20. The van der Waals surface area contributed by atoms with E-state index in [2.05, 4.69) is 12.2 Å². The van der Waals surface area contributed by atoms with Gasteiger partial charge in [-0.1, -0.05) is 54.9 Å². The lowest BCUT2D eigenvalue weighted by molar-refractivity contribution is -0.122. The third-order valence-electron chi connectivity index (χ3n) is 3.88. The van der Waals surface area contributed by atoms with Crippen molar-refractivity contribution in [3.8, 4) is 0 Å². The summed E-state index contributed by atoms with van der Waals surface area (Å²) in [5.74, 6) is -0.207. The Balaban J connectivity index is 1.82. The Morgan fingerprint density at radius 3 is 2.58 bits per heavy atom. The summed E-state index contributed by atoms with van der Waals surface area (Å²) in [6.45, 7) is 3.11. The van der Waals surface area contributed by atoms with Crippen molar-refractivity contribution in [2.24, 2.45) is 0 Å². The summed E-state index contributed by atoms with van der Waals surface area (Å²) < 4.78 is 13.8. The molecule has 0 saturated carbocycles. The van der Waals surface area contributed by atoms with Gasteiger partial charge in [0, 0.05) is 23.7 Å². The van der Waals surface area contributed by atoms with Crippen molar-refractivity contribution in [1.29, 1.82) is 0 Å². The lowest BCUT2D eigenvalue weighted by Crippen LogP contribution is -2.36. The van der Waals surface area contributed by atoms with E-state index in [4.69, 9.17) is 11.6 Å². The fraction of sp³-hybridized carbons (Fsp3) is 0.316. The maximum absolute atomic E-state index is 13.8. The van der Waals surface area contributed by atoms with Crippen LogP contribution in [0.3, 0.4) is 0 Å². The van der Waals surface area contributed by atoms with Crippen molar-refractivity contribution in [3.05, 3.63) is 70.5 Å². The van der Waals surface area contributed by atoms with Crippen molar-refractivity contribution in [2.45, 2.75) is 19.4 Å². The van der Waals surface area contributed by atoms with Gasteiger partial charge in [0.2, 0.25) is 5.91 Å². The van der Waals surface area contributed by atoms with Gasteiger partial charge in [0.15, 0.2) is 0 Å². The molecule has 1 atom stereocenters. The number of nitrogens with one attached hydrogen (secondary N) is 1. The molecular weight excluding hydrogens is 327 g/mol. The summed E-state index contributed by atoms with van der Waals surface area (Å²) in [6.07, 6.45) is 0. The first-order valence-electron chi connectivity index (χ1n) is 7.90. The van der Waals surface area contributed by atoms with E-state index in [1.54, 1.807) is 24.1 Å². The van der Waals surface area contributed by atoms with E-state index in [-0.39, 0.29) is 30.7 Å². The summed E-state index contributed by atoms with van der Waals surface area (Å²) in [4.78, 5) is 13.8. The minimum absolute atomic E-state index is 0.0901. The van der Waals surface area contributed by atoms with Gasteiger partial charge in [-0.15, -0.1) is 0 Å². The molecule has 1 unspecified atom stereocenters. The molecule has 0 aliphatic carbocycles. The molecule has 128 valence electrons. The zero-order chi connectivity index (χ0) is 17.5. The van der Waals surface area contributed by atoms with Gasteiger partial charge < -0.3 is 5.32 Å². The fourth-order valence-electron chi connectivity index (χ4n) is 2.48. The average molecular weight is 349 g/mol. The van der Waals surface area contributed by atoms with Gasteiger partial charge >= 0.3 is 0 Å². The molecule has 0 saturated heterocycles. The summed E-state index contributed by atoms with van der Waals surface area (Å²) >= 11 is 6.01. The number of rotatable bonds is 7. The Morgan fingerprint density at radius 1 is 1.21 bits per heavy atom. The Morgan fingerprint density at radius 2 is 1.92 bits per heavy atom. The molecule has 2 aromatic rings. The molecule has 2 rings (SSSR count). The molecule has 2 aromatic carbocycles. The number of halogens is 2. The van der Waals surface area contributed by atoms with Crippen molar-refractivity contribution in [2.75, 3.05) is 20.1 Å². The highest BCUT2D eigenvalue weighted by atomic mass is 35.5. The van der Waals surface area contributed by atoms with Crippen molar-refractivity contribution >= 4 is 17.5 Å². The first-order valence-corrected chi connectivity index (χ1v) is 8.28. The van der Waals surface area contributed by atoms with Gasteiger partial charge in [-0.3, -0.25) is 9.69 Å². The molecule has 0 spiro atoms. The van der Waals surface area contributed by atoms with Gasteiger partial charge in [0.05, 0.1) is 6.54 Å². The molecule has 0 radical (unpaired) electrons. The number of carbonyl (C=O) groups is 1. The number of amides is 1. The average Bonchev–Trinajstić information content (AvgIpc) is 2.57. The molecule has 3 nitrogen and oxygen atoms in total. The van der Waals surface area contributed by atoms with E-state index >= 15 is 0 Å². The number of carbonyl (C=O) groups excluding carboxylic acids is 1. The summed E-state index contributed by atoms with van der Waals surface area (Å²) in [7, 11) is 1.77. The topological polar surface area (TPSA) is 32.3 Å². The first-order chi connectivity index (χ1) is 11.5. The molecule has 24 heavy (non-hydrogen) atoms. The van der Waals surface area contributed by atoms with Gasteiger partial charge in [0.25, 0.3) is 0 Å². The van der Waals surface area contributed by atoms with Crippen molar-refractivity contribution in [1.82, 2.24) is 10.2 Å². The van der Waals surface area contributed by atoms with Crippen LogP contribution < -0.4 is 5.32 Å². The lowest BCUT2D eigenvalue weighted by Gasteiger charge is -2.19. The standard InChI is InChI=1S/C19H22ClFN2O/c1-14(15-7-4-3-5-8-15)11-22-19(24)13-23(2)12-16-17(20)9-6-10-18(16)21/h3-10,14H,11-13H2,1-2H3,(H,22,24). The lowest BCUT2D eigenvalue weighted by atomic mass is 10.0. The van der Waals surface area contributed by atoms with Gasteiger partial charge in [-0.2, -0.15) is 0 Å². The number of likely N-dealkylation sites (N-methyl/N-ethyl adjacent to an activating group) is 1. The monoisotopic (exact) mass is 348 g/mol. The summed E-state index contributed by atoms with van der Waals surface area (Å²) in [5, 5.41) is 3.29. The van der Waals surface area contributed by atoms with E-state index in [0.717, 1.165) is 0 Å². The van der Waals surface area contributed by atoms with E-state index in [9.17, 15) is 9.18 Å². The zero-order valence-electron chi connectivity index (χ0n) is 13.9. The number of benzene rings is 2. The molecule has 0 bridgehead atoms. The highest BCUT2D eigenvalue weighted by Gasteiger charge is 2.13. The van der Waals surface area contributed by atoms with Crippen LogP contribution in [0.25, 0.3) is 0 Å². The third kappa shape index (κ3) is 5.32. The van der Waals surface area contributed by atoms with Gasteiger partial charge in [-0.25, -0.2) is 4.39 Å². The fourth-order valence-corrected chi connectivity index (χ4v) is 2.70. The smallest absolute Gasteiger partial charge is 0.234 e. The first kappa shape index (κ1) is 18.4. The maximum atomic E-state index is 13.8. The molecular formula is C19H22ClFN2O. The molecule has 1 N–H and O–H groups in total. The van der Waals surface area contributed by atoms with E-state index in [1.807, 2.05) is 30.3 Å². The highest BCUT2D eigenvalue weighted by molar-refractivity contribution is 6.31. The Kier molecular flexibility index (Phi) is 6.76. The zero-order valence-corrected chi connectivity index (χ0v) is 14.7. The largest absolute Gasteiger partial charge is 0.354 e. The van der Waals surface area contributed by atoms with Gasteiger partial charge in [0.1, 0.15) is 5.82 Å². The van der Waals surface area contributed by atoms with E-state index < -0.39 is 0 Å². The van der Waals surface area contributed by atoms with Gasteiger partial charge in [-0.05, 0) is 30.7 Å². The van der Waals surface area contributed by atoms with Crippen LogP contribution in [0.1, 0.15) is 24.0 Å². The second-order valence-electron chi connectivity index (χ2n) is 5.99. The number of nitrogens with zero attached hydrogens (tertiary/aromatic N) is 1. The van der Waals surface area contributed by atoms with Crippen LogP contribution in [-0.2, 0) is 11.3 Å². The summed E-state index contributed by atoms with van der Waals surface area (Å²) in [5.41, 5.74) is 1.59. The molecule has 0 aliphatic rings. The Hall–Kier alpha value is -1.91. The maximum Gasteiger partial charge on any atom is 0.234 e. The Labute approximate surface area is 147 Å². The van der Waals surface area contributed by atoms with Crippen LogP contribution in [-0.4, -0.2) is 30.9 Å². The van der Waals surface area contributed by atoms with Crippen LogP contribution in [0.2, 0.25) is 5.02 Å². The van der Waals surface area contributed by atoms with Crippen LogP contribution in [0.15, 0.2) is 48.5 Å². The summed E-state index contributed by atoms with van der Waals surface area (Å²) in [6, 6.07) is 14.6. The minimum Gasteiger partial charge on any atom is -0.354 e. The van der Waals surface area contributed by atoms with Crippen molar-refractivity contribution < 1.29 is 9.18 Å². The molecule has 5 heteroatoms. The Bertz CT molecular complexity index is 658. The molecule has 0 aromatic heterocycles. The second kappa shape index (κ2) is 8.81. The number of hydrogen-bond acceptors (Lipinski definition) is 2. The molecule has 0 fully saturated rings.